The minimum atomic E-state index is -0.361. The third-order valence-corrected chi connectivity index (χ3v) is 8.91. The highest BCUT2D eigenvalue weighted by atomic mass is 32.1. The Labute approximate surface area is 236 Å². The van der Waals surface area contributed by atoms with Crippen molar-refractivity contribution in [2.75, 3.05) is 6.54 Å². The molecule has 0 fully saturated rings. The Balaban J connectivity index is 1.30. The van der Waals surface area contributed by atoms with Crippen molar-refractivity contribution in [1.29, 1.82) is 0 Å². The van der Waals surface area contributed by atoms with Crippen molar-refractivity contribution < 1.29 is 9.50 Å². The summed E-state index contributed by atoms with van der Waals surface area (Å²) in [7, 11) is 0. The summed E-state index contributed by atoms with van der Waals surface area (Å²) in [6.07, 6.45) is 10.8. The first kappa shape index (κ1) is 26.3. The molecule has 0 radical (unpaired) electrons. The highest BCUT2D eigenvalue weighted by Crippen LogP contribution is 2.34. The molecule has 40 heavy (non-hydrogen) atoms. The fraction of sp³-hybridized carbons (Fsp3) is 0.312. The first-order chi connectivity index (χ1) is 19.5. The van der Waals surface area contributed by atoms with E-state index >= 15 is 0 Å². The van der Waals surface area contributed by atoms with E-state index in [4.69, 9.17) is 15.0 Å². The zero-order valence-corrected chi connectivity index (χ0v) is 23.1. The monoisotopic (exact) mass is 554 g/mol. The zero-order valence-electron chi connectivity index (χ0n) is 22.3. The fourth-order valence-corrected chi connectivity index (χ4v) is 6.66. The lowest BCUT2D eigenvalue weighted by molar-refractivity contribution is 0.384. The number of fused-ring (bicyclic) bond motifs is 2. The van der Waals surface area contributed by atoms with E-state index in [1.165, 1.54) is 22.0 Å². The number of aliphatic imine (C=N–C) groups is 1. The summed E-state index contributed by atoms with van der Waals surface area (Å²) in [5.74, 6) is 0.738. The smallest absolute Gasteiger partial charge is 0.265 e. The van der Waals surface area contributed by atoms with E-state index in [0.29, 0.717) is 47.7 Å². The summed E-state index contributed by atoms with van der Waals surface area (Å²) < 4.78 is 15.2. The Morgan fingerprint density at radius 1 is 1.12 bits per heavy atom. The second-order valence-corrected chi connectivity index (χ2v) is 11.6. The summed E-state index contributed by atoms with van der Waals surface area (Å²) in [5, 5.41) is 11.2. The molecular formula is C32H31FN4O2S. The molecule has 2 aromatic heterocycles. The molecule has 0 spiro atoms. The molecule has 4 aromatic rings. The van der Waals surface area contributed by atoms with Crippen molar-refractivity contribution >= 4 is 34.0 Å². The van der Waals surface area contributed by atoms with E-state index in [9.17, 15) is 14.3 Å². The van der Waals surface area contributed by atoms with Gasteiger partial charge in [-0.3, -0.25) is 14.4 Å². The van der Waals surface area contributed by atoms with Gasteiger partial charge in [-0.1, -0.05) is 18.7 Å². The van der Waals surface area contributed by atoms with E-state index in [0.717, 1.165) is 55.5 Å². The summed E-state index contributed by atoms with van der Waals surface area (Å²) >= 11 is 1.84. The molecule has 0 unspecified atom stereocenters. The van der Waals surface area contributed by atoms with Gasteiger partial charge in [0.25, 0.3) is 5.56 Å². The van der Waals surface area contributed by atoms with E-state index in [1.807, 2.05) is 29.5 Å². The minimum Gasteiger partial charge on any atom is -0.513 e. The van der Waals surface area contributed by atoms with Gasteiger partial charge in [-0.25, -0.2) is 14.4 Å². The van der Waals surface area contributed by atoms with Crippen molar-refractivity contribution in [3.8, 4) is 5.69 Å². The van der Waals surface area contributed by atoms with E-state index in [1.54, 1.807) is 16.7 Å². The Kier molecular flexibility index (Phi) is 7.43. The average Bonchev–Trinajstić information content (AvgIpc) is 3.40. The van der Waals surface area contributed by atoms with Crippen LogP contribution in [0.2, 0.25) is 0 Å². The number of aliphatic hydroxyl groups excluding tert-OH is 1. The van der Waals surface area contributed by atoms with Gasteiger partial charge in [-0.05, 0) is 86.6 Å². The maximum atomic E-state index is 13.7. The highest BCUT2D eigenvalue weighted by Gasteiger charge is 2.24. The fourth-order valence-electron chi connectivity index (χ4n) is 5.46. The van der Waals surface area contributed by atoms with Gasteiger partial charge in [0.1, 0.15) is 11.6 Å². The summed E-state index contributed by atoms with van der Waals surface area (Å²) in [6, 6.07) is 11.6. The van der Waals surface area contributed by atoms with Crippen LogP contribution in [0.1, 0.15) is 71.4 Å². The number of aromatic nitrogens is 3. The molecule has 1 aliphatic carbocycles. The topological polar surface area (TPSA) is 80.4 Å². The van der Waals surface area contributed by atoms with Crippen LogP contribution in [0.3, 0.4) is 0 Å². The average molecular weight is 555 g/mol. The maximum Gasteiger partial charge on any atom is 0.265 e. The second kappa shape index (κ2) is 11.3. The van der Waals surface area contributed by atoms with E-state index < -0.39 is 0 Å². The minimum absolute atomic E-state index is 0.147. The summed E-state index contributed by atoms with van der Waals surface area (Å²) in [6.45, 7) is 4.26. The van der Waals surface area contributed by atoms with Gasteiger partial charge in [0.2, 0.25) is 0 Å². The number of rotatable bonds is 8. The number of allylic oxidation sites excluding steroid dienone is 2. The molecule has 3 heterocycles. The van der Waals surface area contributed by atoms with Crippen LogP contribution >= 0.6 is 11.3 Å². The molecule has 0 saturated heterocycles. The molecule has 1 atom stereocenters. The van der Waals surface area contributed by atoms with Gasteiger partial charge >= 0.3 is 0 Å². The molecule has 2 aliphatic rings. The van der Waals surface area contributed by atoms with Gasteiger partial charge in [0, 0.05) is 35.9 Å². The largest absolute Gasteiger partial charge is 0.513 e. The van der Waals surface area contributed by atoms with Crippen molar-refractivity contribution in [3.05, 3.63) is 104 Å². The number of thiazole rings is 1. The number of aryl methyl sites for hydroxylation is 2. The second-order valence-electron chi connectivity index (χ2n) is 10.5. The van der Waals surface area contributed by atoms with Gasteiger partial charge in [-0.2, -0.15) is 0 Å². The quantitative estimate of drug-likeness (QED) is 0.186. The molecule has 0 bridgehead atoms. The number of unbranched alkanes of at least 4 members (excludes halogenated alkanes) is 1. The highest BCUT2D eigenvalue weighted by molar-refractivity contribution is 7.12. The zero-order chi connectivity index (χ0) is 27.6. The third-order valence-electron chi connectivity index (χ3n) is 7.61. The van der Waals surface area contributed by atoms with Crippen molar-refractivity contribution in [3.63, 3.8) is 0 Å². The normalized spacial score (nSPS) is 16.6. The van der Waals surface area contributed by atoms with Gasteiger partial charge in [0.15, 0.2) is 0 Å². The molecule has 0 amide bonds. The Morgan fingerprint density at radius 3 is 2.73 bits per heavy atom. The lowest BCUT2D eigenvalue weighted by atomic mass is 9.94. The van der Waals surface area contributed by atoms with Crippen LogP contribution in [0.15, 0.2) is 70.7 Å². The van der Waals surface area contributed by atoms with Crippen LogP contribution in [0, 0.1) is 5.82 Å². The predicted octanol–water partition coefficient (Wildman–Crippen LogP) is 7.09. The molecule has 1 aliphatic heterocycles. The molecule has 6 nitrogen and oxygen atoms in total. The van der Waals surface area contributed by atoms with Crippen LogP contribution in [-0.2, 0) is 12.8 Å². The van der Waals surface area contributed by atoms with Crippen LogP contribution in [-0.4, -0.2) is 31.9 Å². The molecule has 1 N–H and O–H groups in total. The number of aliphatic hydroxyl groups is 1. The van der Waals surface area contributed by atoms with Gasteiger partial charge < -0.3 is 5.11 Å². The van der Waals surface area contributed by atoms with Gasteiger partial charge in [-0.15, -0.1) is 11.3 Å². The summed E-state index contributed by atoms with van der Waals surface area (Å²) in [4.78, 5) is 29.8. The molecule has 0 saturated carbocycles. The lowest BCUT2D eigenvalue weighted by Gasteiger charge is -2.20. The Hall–Kier alpha value is -3.91. The number of benzene rings is 2. The van der Waals surface area contributed by atoms with Crippen molar-refractivity contribution in [2.45, 2.75) is 57.3 Å². The van der Waals surface area contributed by atoms with Crippen LogP contribution < -0.4 is 5.56 Å². The molecule has 8 heteroatoms. The Bertz CT molecular complexity index is 1700. The van der Waals surface area contributed by atoms with Crippen LogP contribution in [0.4, 0.5) is 4.39 Å². The number of hydrogen-bond acceptors (Lipinski definition) is 6. The maximum absolute atomic E-state index is 13.7. The number of halogens is 1. The van der Waals surface area contributed by atoms with Crippen molar-refractivity contribution in [1.82, 2.24) is 14.5 Å². The molecule has 2 aromatic carbocycles. The third kappa shape index (κ3) is 5.41. The number of hydrogen-bond donors (Lipinski definition) is 1. The predicted molar refractivity (Wildman–Crippen MR) is 159 cm³/mol. The van der Waals surface area contributed by atoms with E-state index in [-0.39, 0.29) is 17.1 Å². The Morgan fingerprint density at radius 2 is 1.98 bits per heavy atom. The SMILES string of the molecule is C=C(O)CCCCc1nc2cc(C3=NC[C@H](c4nc5c(s4)CCC=C5)CC3)ccc2c(=O)n1-c1ccc(F)cc1. The van der Waals surface area contributed by atoms with E-state index in [2.05, 4.69) is 18.7 Å². The molecular weight excluding hydrogens is 523 g/mol. The summed E-state index contributed by atoms with van der Waals surface area (Å²) in [5.41, 5.74) is 4.18. The standard InChI is InChI=1S/C32H31FN4O2S/c1-20(38)6-2-5-9-30-35-28-18-21(10-16-25(28)32(39)37(30)24-14-12-23(33)13-15-24)26-17-11-22(19-34-26)31-36-27-7-3-4-8-29(27)40-31/h3,7,10,12-16,18,22,38H,1-2,4-6,8-9,11,17,19H2/t22-/m1/s1. The number of nitrogens with zero attached hydrogens (tertiary/aromatic N) is 4. The first-order valence-corrected chi connectivity index (χ1v) is 14.7. The molecule has 204 valence electrons. The van der Waals surface area contributed by atoms with Gasteiger partial charge in [0.05, 0.1) is 33.1 Å². The lowest BCUT2D eigenvalue weighted by Crippen LogP contribution is -2.24. The van der Waals surface area contributed by atoms with Crippen LogP contribution in [0.25, 0.3) is 22.7 Å². The first-order valence-electron chi connectivity index (χ1n) is 13.8. The van der Waals surface area contributed by atoms with Crippen molar-refractivity contribution in [2.24, 2.45) is 4.99 Å². The van der Waals surface area contributed by atoms with Crippen LogP contribution in [0.5, 0.6) is 0 Å². The molecule has 6 rings (SSSR count).